The maximum Gasteiger partial charge on any atom is 0.255 e. The van der Waals surface area contributed by atoms with E-state index in [0.717, 1.165) is 0 Å². The molecule has 0 spiro atoms. The third-order valence-electron chi connectivity index (χ3n) is 5.15. The highest BCUT2D eigenvalue weighted by atomic mass is 35.5. The van der Waals surface area contributed by atoms with Crippen LogP contribution in [0.25, 0.3) is 11.4 Å². The first-order chi connectivity index (χ1) is 17.1. The summed E-state index contributed by atoms with van der Waals surface area (Å²) in [6, 6.07) is 17.3. The largest absolute Gasteiger partial charge is 0.453 e. The number of halogens is 1. The van der Waals surface area contributed by atoms with Crippen molar-refractivity contribution in [2.75, 3.05) is 0 Å². The number of pyridine rings is 2. The fourth-order valence-electron chi connectivity index (χ4n) is 3.46. The van der Waals surface area contributed by atoms with E-state index in [9.17, 15) is 9.59 Å². The molecule has 0 amide bonds. The molecule has 0 unspecified atom stereocenters. The predicted octanol–water partition coefficient (Wildman–Crippen LogP) is 5.14. The fraction of sp³-hybridized carbons (Fsp3) is 0.0800. The molecular weight excluding hydrogens is 486 g/mol. The lowest BCUT2D eigenvalue weighted by Gasteiger charge is -2.13. The molecule has 0 saturated carbocycles. The molecule has 0 fully saturated rings. The number of rotatable bonds is 8. The molecule has 0 aliphatic carbocycles. The highest BCUT2D eigenvalue weighted by Crippen LogP contribution is 2.30. The van der Waals surface area contributed by atoms with Crippen LogP contribution in [0.4, 0.5) is 0 Å². The third-order valence-corrected chi connectivity index (χ3v) is 6.42. The van der Waals surface area contributed by atoms with Crippen LogP contribution in [0.1, 0.15) is 21.8 Å². The molecule has 174 valence electrons. The second kappa shape index (κ2) is 10.0. The first-order valence-corrected chi connectivity index (χ1v) is 11.9. The van der Waals surface area contributed by atoms with Gasteiger partial charge >= 0.3 is 0 Å². The number of carbonyl (C=O) groups is 1. The Balaban J connectivity index is 1.43. The zero-order valence-electron chi connectivity index (χ0n) is 18.2. The van der Waals surface area contributed by atoms with E-state index in [0.29, 0.717) is 50.6 Å². The lowest BCUT2D eigenvalue weighted by molar-refractivity contribution is 0.0986. The summed E-state index contributed by atoms with van der Waals surface area (Å²) < 4.78 is 9.80. The van der Waals surface area contributed by atoms with Crippen molar-refractivity contribution in [2.24, 2.45) is 0 Å². The molecule has 0 bridgehead atoms. The number of ketones is 1. The van der Waals surface area contributed by atoms with Gasteiger partial charge in [-0.15, -0.1) is 16.4 Å². The first-order valence-electron chi connectivity index (χ1n) is 10.7. The minimum Gasteiger partial charge on any atom is -0.453 e. The minimum absolute atomic E-state index is 0.00899. The number of Topliss-reactive ketones (excluding diaryl/α,β-unsaturated/α-hetero) is 1. The molecule has 0 aliphatic rings. The lowest BCUT2D eigenvalue weighted by Crippen LogP contribution is -2.15. The van der Waals surface area contributed by atoms with Gasteiger partial charge in [0.05, 0.1) is 33.0 Å². The summed E-state index contributed by atoms with van der Waals surface area (Å²) in [5.74, 6) is 1.01. The van der Waals surface area contributed by atoms with Crippen LogP contribution >= 0.6 is 22.9 Å². The van der Waals surface area contributed by atoms with Gasteiger partial charge in [-0.2, -0.15) is 0 Å². The molecule has 4 heterocycles. The van der Waals surface area contributed by atoms with E-state index >= 15 is 0 Å². The second-order valence-corrected chi connectivity index (χ2v) is 9.25. The summed E-state index contributed by atoms with van der Waals surface area (Å²) >= 11 is 7.20. The predicted molar refractivity (Wildman–Crippen MR) is 133 cm³/mol. The van der Waals surface area contributed by atoms with Gasteiger partial charge in [0.1, 0.15) is 11.4 Å². The number of ether oxygens (including phenoxy) is 1. The molecule has 5 aromatic rings. The zero-order chi connectivity index (χ0) is 24.2. The highest BCUT2D eigenvalue weighted by molar-refractivity contribution is 7.18. The quantitative estimate of drug-likeness (QED) is 0.272. The van der Waals surface area contributed by atoms with Gasteiger partial charge in [0.15, 0.2) is 11.5 Å². The van der Waals surface area contributed by atoms with Crippen LogP contribution < -0.4 is 10.3 Å². The van der Waals surface area contributed by atoms with E-state index in [1.54, 1.807) is 84.1 Å². The van der Waals surface area contributed by atoms with E-state index < -0.39 is 0 Å². The molecule has 8 nitrogen and oxygen atoms in total. The van der Waals surface area contributed by atoms with Gasteiger partial charge in [0.25, 0.3) is 5.56 Å². The van der Waals surface area contributed by atoms with Crippen molar-refractivity contribution >= 4 is 28.7 Å². The average Bonchev–Trinajstić information content (AvgIpc) is 3.53. The maximum absolute atomic E-state index is 12.4. The molecular formula is C25H18ClN5O3S. The Bertz CT molecular complexity index is 1540. The van der Waals surface area contributed by atoms with Gasteiger partial charge in [0, 0.05) is 37.4 Å². The SMILES string of the molecule is O=C(CCc1cn(-c2ccc(-n3ccccc3=O)cc2Oc2cccnc2)nn1)c1ccc(Cl)s1. The Hall–Kier alpha value is -4.08. The van der Waals surface area contributed by atoms with Gasteiger partial charge in [-0.1, -0.05) is 22.9 Å². The average molecular weight is 504 g/mol. The monoisotopic (exact) mass is 503 g/mol. The Morgan fingerprint density at radius 2 is 2.00 bits per heavy atom. The van der Waals surface area contributed by atoms with E-state index in [4.69, 9.17) is 16.3 Å². The van der Waals surface area contributed by atoms with E-state index in [2.05, 4.69) is 15.3 Å². The lowest BCUT2D eigenvalue weighted by atomic mass is 10.1. The second-order valence-electron chi connectivity index (χ2n) is 7.53. The summed E-state index contributed by atoms with van der Waals surface area (Å²) in [6.07, 6.45) is 7.43. The number of hydrogen-bond acceptors (Lipinski definition) is 7. The standard InChI is InChI=1S/C25H18ClN5O3S/c26-24-11-10-23(35-24)21(32)9-6-17-16-31(29-28-17)20-8-7-18(30-13-2-1-5-25(30)33)14-22(20)34-19-4-3-12-27-15-19/h1-5,7-8,10-16H,6,9H2. The van der Waals surface area contributed by atoms with Crippen molar-refractivity contribution in [3.05, 3.63) is 111 Å². The summed E-state index contributed by atoms with van der Waals surface area (Å²) in [5.41, 5.74) is 1.76. The Kier molecular flexibility index (Phi) is 6.51. The number of nitrogens with zero attached hydrogens (tertiary/aromatic N) is 5. The summed E-state index contributed by atoms with van der Waals surface area (Å²) in [7, 11) is 0. The molecule has 0 aliphatic heterocycles. The molecule has 0 radical (unpaired) electrons. The topological polar surface area (TPSA) is 91.9 Å². The summed E-state index contributed by atoms with van der Waals surface area (Å²) in [6.45, 7) is 0. The molecule has 0 saturated heterocycles. The van der Waals surface area contributed by atoms with E-state index in [1.165, 1.54) is 22.0 Å². The van der Waals surface area contributed by atoms with Gasteiger partial charge in [0.2, 0.25) is 0 Å². The number of carbonyl (C=O) groups excluding carboxylic acids is 1. The van der Waals surface area contributed by atoms with Crippen LogP contribution in [-0.2, 0) is 6.42 Å². The number of aromatic nitrogens is 5. The van der Waals surface area contributed by atoms with Crippen LogP contribution in [0.5, 0.6) is 11.5 Å². The molecule has 0 atom stereocenters. The number of hydrogen-bond donors (Lipinski definition) is 0. The van der Waals surface area contributed by atoms with Crippen molar-refractivity contribution in [3.63, 3.8) is 0 Å². The maximum atomic E-state index is 12.4. The normalized spacial score (nSPS) is 10.9. The molecule has 10 heteroatoms. The highest BCUT2D eigenvalue weighted by Gasteiger charge is 2.15. The third kappa shape index (κ3) is 5.21. The Labute approximate surface area is 209 Å². The molecule has 5 rings (SSSR count). The van der Waals surface area contributed by atoms with Crippen molar-refractivity contribution in [3.8, 4) is 22.9 Å². The molecule has 35 heavy (non-hydrogen) atoms. The number of aryl methyl sites for hydroxylation is 1. The van der Waals surface area contributed by atoms with E-state index in [1.807, 2.05) is 0 Å². The smallest absolute Gasteiger partial charge is 0.255 e. The van der Waals surface area contributed by atoms with Crippen molar-refractivity contribution in [1.29, 1.82) is 0 Å². The fourth-order valence-corrected chi connectivity index (χ4v) is 4.47. The van der Waals surface area contributed by atoms with Crippen LogP contribution in [0, 0.1) is 0 Å². The van der Waals surface area contributed by atoms with E-state index in [-0.39, 0.29) is 11.3 Å². The van der Waals surface area contributed by atoms with Crippen LogP contribution in [-0.4, -0.2) is 30.3 Å². The molecule has 4 aromatic heterocycles. The minimum atomic E-state index is -0.160. The summed E-state index contributed by atoms with van der Waals surface area (Å²) in [5, 5.41) is 8.46. The van der Waals surface area contributed by atoms with Gasteiger partial charge in [-0.25, -0.2) is 4.68 Å². The van der Waals surface area contributed by atoms with Crippen molar-refractivity contribution in [1.82, 2.24) is 24.5 Å². The van der Waals surface area contributed by atoms with Crippen molar-refractivity contribution < 1.29 is 9.53 Å². The zero-order valence-corrected chi connectivity index (χ0v) is 19.8. The molecule has 1 aromatic carbocycles. The Morgan fingerprint density at radius 1 is 1.09 bits per heavy atom. The molecule has 0 N–H and O–H groups in total. The van der Waals surface area contributed by atoms with Crippen LogP contribution in [0.2, 0.25) is 4.34 Å². The number of benzene rings is 1. The van der Waals surface area contributed by atoms with Crippen LogP contribution in [0.3, 0.4) is 0 Å². The van der Waals surface area contributed by atoms with Gasteiger partial charge < -0.3 is 4.74 Å². The van der Waals surface area contributed by atoms with Gasteiger partial charge in [-0.3, -0.25) is 19.1 Å². The van der Waals surface area contributed by atoms with Gasteiger partial charge in [-0.05, 0) is 42.5 Å². The summed E-state index contributed by atoms with van der Waals surface area (Å²) in [4.78, 5) is 29.5. The first kappa shape index (κ1) is 22.7. The number of thiophene rings is 1. The van der Waals surface area contributed by atoms with Crippen molar-refractivity contribution in [2.45, 2.75) is 12.8 Å². The van der Waals surface area contributed by atoms with Crippen LogP contribution in [0.15, 0.2) is 90.2 Å². The Morgan fingerprint density at radius 3 is 2.77 bits per heavy atom.